The topological polar surface area (TPSA) is 112 Å². The second kappa shape index (κ2) is 6.66. The summed E-state index contributed by atoms with van der Waals surface area (Å²) in [6, 6.07) is -0.368. The summed E-state index contributed by atoms with van der Waals surface area (Å²) in [6.07, 6.45) is 0.720. The molecule has 6 fully saturated rings. The van der Waals surface area contributed by atoms with Gasteiger partial charge in [0.15, 0.2) is 0 Å². The zero-order chi connectivity index (χ0) is 22.8. The van der Waals surface area contributed by atoms with Crippen LogP contribution < -0.4 is 0 Å². The third-order valence-corrected chi connectivity index (χ3v) is 11.4. The SMILES string of the molecule is CCN1C[C@]2(CO)CC[C@H](OC)[C@]34[C@@H]5C[C@H]6[C@H](O)[C@@H]5[C@](O)(C[C@@H]6OC)C(O)([C@@H]13)[C@@H](OC)[C@H]24. The first-order chi connectivity index (χ1) is 15.3. The molecule has 8 nitrogen and oxygen atoms in total. The van der Waals surface area contributed by atoms with Gasteiger partial charge in [0.05, 0.1) is 37.1 Å². The van der Waals surface area contributed by atoms with Crippen LogP contribution in [0.3, 0.4) is 0 Å². The van der Waals surface area contributed by atoms with Crippen molar-refractivity contribution < 1.29 is 34.6 Å². The standard InChI is InChI=1S/C24H39NO7/c1-5-25-10-21(11-26)7-6-15(31-3)23-13-8-12-14(30-2)9-22(28,16(13)17(12)27)24(29,20(23)25)19(32-4)18(21)23/h12-20,26-29H,5-11H2,1-4H3/t12-,13-,14+,15+,16-,17+,18-,19+,20+,21+,22-,23+,24?/m1/s1. The number of fused-ring (bicyclic) bond motifs is 2. The molecular formula is C24H39NO7. The number of aliphatic hydroxyl groups is 4. The number of rotatable bonds is 5. The number of aliphatic hydroxyl groups excluding tert-OH is 2. The second-order valence-electron chi connectivity index (χ2n) is 11.6. The highest BCUT2D eigenvalue weighted by atomic mass is 16.5. The highest BCUT2D eigenvalue weighted by molar-refractivity contribution is 5.41. The molecule has 6 rings (SSSR count). The first-order valence-electron chi connectivity index (χ1n) is 12.3. The number of piperidine rings is 1. The van der Waals surface area contributed by atoms with E-state index >= 15 is 0 Å². The lowest BCUT2D eigenvalue weighted by Gasteiger charge is -2.70. The molecule has 5 aliphatic carbocycles. The zero-order valence-electron chi connectivity index (χ0n) is 19.6. The lowest BCUT2D eigenvalue weighted by Crippen LogP contribution is -2.82. The van der Waals surface area contributed by atoms with Gasteiger partial charge >= 0.3 is 0 Å². The van der Waals surface area contributed by atoms with Crippen LogP contribution in [0.15, 0.2) is 0 Å². The van der Waals surface area contributed by atoms with Crippen LogP contribution in [0.1, 0.15) is 32.6 Å². The molecule has 4 N–H and O–H groups in total. The molecule has 8 heteroatoms. The monoisotopic (exact) mass is 453 g/mol. The number of likely N-dealkylation sites (N-methyl/N-ethyl adjacent to an activating group) is 1. The van der Waals surface area contributed by atoms with Gasteiger partial charge in [0.2, 0.25) is 0 Å². The van der Waals surface area contributed by atoms with Crippen molar-refractivity contribution in [1.82, 2.24) is 4.90 Å². The van der Waals surface area contributed by atoms with E-state index in [4.69, 9.17) is 14.2 Å². The minimum atomic E-state index is -1.60. The fourth-order valence-corrected chi connectivity index (χ4v) is 10.7. The summed E-state index contributed by atoms with van der Waals surface area (Å²) in [5.41, 5.74) is -4.11. The number of likely N-dealkylation sites (tertiary alicyclic amines) is 1. The summed E-state index contributed by atoms with van der Waals surface area (Å²) < 4.78 is 18.1. The smallest absolute Gasteiger partial charge is 0.136 e. The highest BCUT2D eigenvalue weighted by Crippen LogP contribution is 2.80. The van der Waals surface area contributed by atoms with Gasteiger partial charge in [0, 0.05) is 62.9 Å². The molecule has 0 amide bonds. The van der Waals surface area contributed by atoms with E-state index in [1.807, 2.05) is 0 Å². The Morgan fingerprint density at radius 2 is 1.84 bits per heavy atom. The Morgan fingerprint density at radius 3 is 2.44 bits per heavy atom. The van der Waals surface area contributed by atoms with E-state index in [0.717, 1.165) is 19.3 Å². The largest absolute Gasteiger partial charge is 0.396 e. The molecule has 0 aromatic carbocycles. The van der Waals surface area contributed by atoms with E-state index in [2.05, 4.69) is 11.8 Å². The first-order valence-corrected chi connectivity index (χ1v) is 12.3. The molecule has 6 aliphatic rings. The van der Waals surface area contributed by atoms with Crippen molar-refractivity contribution in [2.45, 2.75) is 74.3 Å². The minimum Gasteiger partial charge on any atom is -0.396 e. The average Bonchev–Trinajstić information content (AvgIpc) is 3.15. The van der Waals surface area contributed by atoms with Gasteiger partial charge in [-0.1, -0.05) is 6.92 Å². The molecule has 0 aromatic rings. The number of nitrogens with zero attached hydrogens (tertiary/aromatic N) is 1. The predicted octanol–water partition coefficient (Wildman–Crippen LogP) is -0.383. The number of ether oxygens (including phenoxy) is 3. The summed E-state index contributed by atoms with van der Waals surface area (Å²) in [5, 5.41) is 47.6. The molecule has 1 heterocycles. The van der Waals surface area contributed by atoms with Gasteiger partial charge in [-0.25, -0.2) is 0 Å². The van der Waals surface area contributed by atoms with E-state index in [1.165, 1.54) is 0 Å². The maximum atomic E-state index is 12.8. The second-order valence-corrected chi connectivity index (χ2v) is 11.6. The van der Waals surface area contributed by atoms with Crippen LogP contribution in [0, 0.1) is 34.5 Å². The zero-order valence-corrected chi connectivity index (χ0v) is 19.6. The van der Waals surface area contributed by atoms with Crippen LogP contribution in [0.2, 0.25) is 0 Å². The Balaban J connectivity index is 1.69. The molecular weight excluding hydrogens is 414 g/mol. The molecule has 5 saturated carbocycles. The van der Waals surface area contributed by atoms with Crippen LogP contribution in [0.4, 0.5) is 0 Å². The van der Waals surface area contributed by atoms with Gasteiger partial charge in [-0.2, -0.15) is 0 Å². The van der Waals surface area contributed by atoms with E-state index in [1.54, 1.807) is 21.3 Å². The average molecular weight is 454 g/mol. The van der Waals surface area contributed by atoms with Gasteiger partial charge < -0.3 is 34.6 Å². The minimum absolute atomic E-state index is 0.0114. The normalized spacial score (nSPS) is 62.4. The van der Waals surface area contributed by atoms with Crippen LogP contribution in [0.5, 0.6) is 0 Å². The van der Waals surface area contributed by atoms with Gasteiger partial charge in [0.25, 0.3) is 0 Å². The Kier molecular flexibility index (Phi) is 4.62. The Hall–Kier alpha value is -0.320. The van der Waals surface area contributed by atoms with Gasteiger partial charge in [-0.3, -0.25) is 4.90 Å². The van der Waals surface area contributed by atoms with E-state index in [0.29, 0.717) is 13.1 Å². The Bertz CT molecular complexity index is 798. The predicted molar refractivity (Wildman–Crippen MR) is 114 cm³/mol. The van der Waals surface area contributed by atoms with Gasteiger partial charge in [0.1, 0.15) is 11.2 Å². The van der Waals surface area contributed by atoms with Crippen molar-refractivity contribution in [2.24, 2.45) is 34.5 Å². The van der Waals surface area contributed by atoms with Crippen LogP contribution in [-0.4, -0.2) is 108 Å². The summed E-state index contributed by atoms with van der Waals surface area (Å²) in [4.78, 5) is 2.28. The van der Waals surface area contributed by atoms with Gasteiger partial charge in [-0.05, 0) is 31.7 Å². The van der Waals surface area contributed by atoms with Gasteiger partial charge in [-0.15, -0.1) is 0 Å². The maximum absolute atomic E-state index is 12.8. The molecule has 182 valence electrons. The lowest BCUT2D eigenvalue weighted by atomic mass is 9.42. The van der Waals surface area contributed by atoms with Crippen molar-refractivity contribution >= 4 is 0 Å². The van der Waals surface area contributed by atoms with E-state index in [-0.39, 0.29) is 49.0 Å². The quantitative estimate of drug-likeness (QED) is 0.446. The molecule has 13 atom stereocenters. The van der Waals surface area contributed by atoms with Crippen molar-refractivity contribution in [3.8, 4) is 0 Å². The Morgan fingerprint density at radius 1 is 1.09 bits per heavy atom. The molecule has 7 bridgehead atoms. The summed E-state index contributed by atoms with van der Waals surface area (Å²) in [6.45, 7) is 3.46. The first kappa shape index (κ1) is 22.2. The van der Waals surface area contributed by atoms with Crippen molar-refractivity contribution in [3.63, 3.8) is 0 Å². The molecule has 0 radical (unpaired) electrons. The number of hydrogen-bond donors (Lipinski definition) is 4. The fraction of sp³-hybridized carbons (Fsp3) is 1.00. The third kappa shape index (κ3) is 1.96. The molecule has 1 spiro atoms. The van der Waals surface area contributed by atoms with Crippen molar-refractivity contribution in [3.05, 3.63) is 0 Å². The molecule has 1 unspecified atom stereocenters. The van der Waals surface area contributed by atoms with Crippen LogP contribution >= 0.6 is 0 Å². The Labute approximate surface area is 189 Å². The molecule has 1 saturated heterocycles. The number of methoxy groups -OCH3 is 3. The third-order valence-electron chi connectivity index (χ3n) is 11.4. The fourth-order valence-electron chi connectivity index (χ4n) is 10.7. The molecule has 1 aliphatic heterocycles. The van der Waals surface area contributed by atoms with Crippen LogP contribution in [0.25, 0.3) is 0 Å². The molecule has 32 heavy (non-hydrogen) atoms. The highest BCUT2D eigenvalue weighted by Gasteiger charge is 2.91. The van der Waals surface area contributed by atoms with Crippen molar-refractivity contribution in [1.29, 1.82) is 0 Å². The summed E-state index contributed by atoms with van der Waals surface area (Å²) in [5.74, 6) is -0.749. The van der Waals surface area contributed by atoms with E-state index in [9.17, 15) is 20.4 Å². The number of hydrogen-bond acceptors (Lipinski definition) is 8. The van der Waals surface area contributed by atoms with Crippen molar-refractivity contribution in [2.75, 3.05) is 41.0 Å². The van der Waals surface area contributed by atoms with Crippen LogP contribution in [-0.2, 0) is 14.2 Å². The van der Waals surface area contributed by atoms with E-state index < -0.39 is 40.2 Å². The summed E-state index contributed by atoms with van der Waals surface area (Å²) in [7, 11) is 4.99. The maximum Gasteiger partial charge on any atom is 0.136 e. The summed E-state index contributed by atoms with van der Waals surface area (Å²) >= 11 is 0. The molecule has 0 aromatic heterocycles. The lowest BCUT2D eigenvalue weighted by molar-refractivity contribution is -0.318.